The van der Waals surface area contributed by atoms with Crippen molar-refractivity contribution in [1.82, 2.24) is 0 Å². The van der Waals surface area contributed by atoms with Crippen LogP contribution in [0.15, 0.2) is 60.7 Å². The molecule has 1 aliphatic heterocycles. The zero-order chi connectivity index (χ0) is 32.4. The van der Waals surface area contributed by atoms with Crippen LogP contribution in [0.2, 0.25) is 5.02 Å². The molecule has 1 amide bonds. The second kappa shape index (κ2) is 19.7. The van der Waals surface area contributed by atoms with E-state index in [9.17, 15) is 9.59 Å². The lowest BCUT2D eigenvalue weighted by Crippen LogP contribution is -2.20. The highest BCUT2D eigenvalue weighted by molar-refractivity contribution is 6.30. The second-order valence-electron chi connectivity index (χ2n) is 11.7. The van der Waals surface area contributed by atoms with E-state index in [0.29, 0.717) is 65.3 Å². The van der Waals surface area contributed by atoms with Crippen LogP contribution in [0, 0.1) is 0 Å². The van der Waals surface area contributed by atoms with Crippen molar-refractivity contribution in [1.29, 1.82) is 0 Å². The molecule has 46 heavy (non-hydrogen) atoms. The number of Topliss-reactive ketones (excluding diaryl/α,β-unsaturated/α-hetero) is 1. The molecule has 0 saturated heterocycles. The smallest absolute Gasteiger partial charge is 0.255 e. The van der Waals surface area contributed by atoms with Crippen LogP contribution < -0.4 is 24.3 Å². The summed E-state index contributed by atoms with van der Waals surface area (Å²) in [7, 11) is 0. The summed E-state index contributed by atoms with van der Waals surface area (Å²) in [5, 5.41) is 3.67. The van der Waals surface area contributed by atoms with Gasteiger partial charge in [0.05, 0.1) is 32.0 Å². The Kier molecular flexibility index (Phi) is 15.1. The van der Waals surface area contributed by atoms with Crippen LogP contribution in [0.1, 0.15) is 111 Å². The summed E-state index contributed by atoms with van der Waals surface area (Å²) in [5.41, 5.74) is 1.36. The van der Waals surface area contributed by atoms with Gasteiger partial charge in [-0.1, -0.05) is 63.5 Å². The number of benzene rings is 3. The fourth-order valence-electron chi connectivity index (χ4n) is 5.33. The van der Waals surface area contributed by atoms with Gasteiger partial charge in [-0.2, -0.15) is 0 Å². The standard InChI is InChI=1S/C38H48ClNO6/c1-2-3-4-5-6-7-8-13-27-45-35-23-22-33-34(41)24-28-46-37(33)36(35)40-38(42)29-14-18-31(19-15-29)43-25-11-9-10-12-26-44-32-20-16-30(39)17-21-32/h14-23H,2-13,24-28H2,1H3,(H,40,42). The van der Waals surface area contributed by atoms with E-state index in [4.69, 9.17) is 30.5 Å². The average molecular weight is 650 g/mol. The van der Waals surface area contributed by atoms with Crippen molar-refractivity contribution in [2.24, 2.45) is 0 Å². The maximum absolute atomic E-state index is 13.3. The number of hydrogen-bond donors (Lipinski definition) is 1. The lowest BCUT2D eigenvalue weighted by Gasteiger charge is -2.22. The Labute approximate surface area is 278 Å². The van der Waals surface area contributed by atoms with E-state index in [2.05, 4.69) is 12.2 Å². The third-order valence-electron chi connectivity index (χ3n) is 8.00. The van der Waals surface area contributed by atoms with Gasteiger partial charge in [0.1, 0.15) is 22.9 Å². The van der Waals surface area contributed by atoms with Crippen molar-refractivity contribution in [3.8, 4) is 23.0 Å². The highest BCUT2D eigenvalue weighted by Gasteiger charge is 2.26. The minimum atomic E-state index is -0.306. The second-order valence-corrected chi connectivity index (χ2v) is 12.1. The summed E-state index contributed by atoms with van der Waals surface area (Å²) < 4.78 is 23.6. The fraction of sp³-hybridized carbons (Fsp3) is 0.474. The van der Waals surface area contributed by atoms with Gasteiger partial charge in [-0.3, -0.25) is 9.59 Å². The molecule has 0 fully saturated rings. The Bertz CT molecular complexity index is 1360. The highest BCUT2D eigenvalue weighted by atomic mass is 35.5. The van der Waals surface area contributed by atoms with Crippen molar-refractivity contribution >= 4 is 29.0 Å². The maximum Gasteiger partial charge on any atom is 0.255 e. The number of unbranched alkanes of at least 4 members (excludes halogenated alkanes) is 10. The average Bonchev–Trinajstić information content (AvgIpc) is 3.07. The van der Waals surface area contributed by atoms with Gasteiger partial charge >= 0.3 is 0 Å². The van der Waals surface area contributed by atoms with Crippen LogP contribution in [0.4, 0.5) is 5.69 Å². The fourth-order valence-corrected chi connectivity index (χ4v) is 5.45. The normalized spacial score (nSPS) is 12.3. The monoisotopic (exact) mass is 649 g/mol. The number of rotatable bonds is 21. The highest BCUT2D eigenvalue weighted by Crippen LogP contribution is 2.41. The number of ether oxygens (including phenoxy) is 4. The molecule has 1 heterocycles. The van der Waals surface area contributed by atoms with E-state index < -0.39 is 0 Å². The molecule has 3 aromatic carbocycles. The van der Waals surface area contributed by atoms with E-state index in [-0.39, 0.29) is 18.3 Å². The van der Waals surface area contributed by atoms with E-state index in [0.717, 1.165) is 44.3 Å². The Morgan fingerprint density at radius 3 is 1.87 bits per heavy atom. The molecule has 0 saturated carbocycles. The summed E-state index contributed by atoms with van der Waals surface area (Å²) in [6.45, 7) is 4.32. The van der Waals surface area contributed by atoms with E-state index >= 15 is 0 Å². The van der Waals surface area contributed by atoms with Crippen LogP contribution in [0.5, 0.6) is 23.0 Å². The van der Waals surface area contributed by atoms with Gasteiger partial charge in [-0.05, 0) is 92.8 Å². The van der Waals surface area contributed by atoms with Gasteiger partial charge in [0.2, 0.25) is 0 Å². The predicted molar refractivity (Wildman–Crippen MR) is 184 cm³/mol. The molecular formula is C38H48ClNO6. The first-order valence-electron chi connectivity index (χ1n) is 16.9. The third-order valence-corrected chi connectivity index (χ3v) is 8.25. The minimum Gasteiger partial charge on any atom is -0.494 e. The van der Waals surface area contributed by atoms with Crippen molar-refractivity contribution in [3.63, 3.8) is 0 Å². The SMILES string of the molecule is CCCCCCCCCCOc1ccc2c(c1NC(=O)c1ccc(OCCCCCCOc3ccc(Cl)cc3)cc1)OCCC2=O. The number of carbonyl (C=O) groups excluding carboxylic acids is 2. The molecule has 0 unspecified atom stereocenters. The number of nitrogens with one attached hydrogen (secondary N) is 1. The number of fused-ring (bicyclic) bond motifs is 1. The van der Waals surface area contributed by atoms with E-state index in [1.165, 1.54) is 38.5 Å². The molecule has 8 heteroatoms. The third kappa shape index (κ3) is 11.6. The number of halogens is 1. The molecule has 4 rings (SSSR count). The zero-order valence-electron chi connectivity index (χ0n) is 27.1. The number of hydrogen-bond acceptors (Lipinski definition) is 6. The van der Waals surface area contributed by atoms with Crippen LogP contribution in [-0.4, -0.2) is 38.1 Å². The van der Waals surface area contributed by atoms with E-state index in [1.807, 2.05) is 24.3 Å². The molecule has 0 bridgehead atoms. The minimum absolute atomic E-state index is 0.000792. The van der Waals surface area contributed by atoms with Crippen molar-refractivity contribution < 1.29 is 28.5 Å². The summed E-state index contributed by atoms with van der Waals surface area (Å²) in [6.07, 6.45) is 14.0. The quantitative estimate of drug-likeness (QED) is 0.116. The molecular weight excluding hydrogens is 602 g/mol. The van der Waals surface area contributed by atoms with Crippen LogP contribution in [-0.2, 0) is 0 Å². The summed E-state index contributed by atoms with van der Waals surface area (Å²) in [6, 6.07) is 18.0. The summed E-state index contributed by atoms with van der Waals surface area (Å²) >= 11 is 5.90. The molecule has 0 radical (unpaired) electrons. The van der Waals surface area contributed by atoms with Gasteiger partial charge in [0.25, 0.3) is 5.91 Å². The van der Waals surface area contributed by atoms with Gasteiger partial charge in [-0.15, -0.1) is 0 Å². The Morgan fingerprint density at radius 2 is 1.26 bits per heavy atom. The number of amides is 1. The van der Waals surface area contributed by atoms with Gasteiger partial charge in [-0.25, -0.2) is 0 Å². The van der Waals surface area contributed by atoms with Crippen molar-refractivity contribution in [2.75, 3.05) is 31.7 Å². The number of anilines is 1. The largest absolute Gasteiger partial charge is 0.494 e. The summed E-state index contributed by atoms with van der Waals surface area (Å²) in [4.78, 5) is 25.8. The lowest BCUT2D eigenvalue weighted by atomic mass is 10.0. The molecule has 7 nitrogen and oxygen atoms in total. The first kappa shape index (κ1) is 35.1. The van der Waals surface area contributed by atoms with Crippen LogP contribution >= 0.6 is 11.6 Å². The molecule has 0 atom stereocenters. The molecule has 0 aromatic heterocycles. The van der Waals surface area contributed by atoms with Crippen LogP contribution in [0.3, 0.4) is 0 Å². The number of carbonyl (C=O) groups is 2. The predicted octanol–water partition coefficient (Wildman–Crippen LogP) is 10.1. The van der Waals surface area contributed by atoms with Gasteiger partial charge in [0.15, 0.2) is 11.5 Å². The maximum atomic E-state index is 13.3. The molecule has 1 N–H and O–H groups in total. The molecule has 0 spiro atoms. The first-order valence-corrected chi connectivity index (χ1v) is 17.3. The van der Waals surface area contributed by atoms with Gasteiger partial charge < -0.3 is 24.3 Å². The lowest BCUT2D eigenvalue weighted by molar-refractivity contribution is 0.0931. The zero-order valence-corrected chi connectivity index (χ0v) is 27.9. The Morgan fingerprint density at radius 1 is 0.717 bits per heavy atom. The molecule has 3 aromatic rings. The van der Waals surface area contributed by atoms with Crippen molar-refractivity contribution in [3.05, 3.63) is 76.8 Å². The first-order chi connectivity index (χ1) is 22.5. The Hall–Kier alpha value is -3.71. The topological polar surface area (TPSA) is 83.1 Å². The molecule has 248 valence electrons. The van der Waals surface area contributed by atoms with Crippen molar-refractivity contribution in [2.45, 2.75) is 90.4 Å². The molecule has 1 aliphatic rings. The van der Waals surface area contributed by atoms with E-state index in [1.54, 1.807) is 36.4 Å². The Balaban J connectivity index is 1.21. The van der Waals surface area contributed by atoms with Crippen LogP contribution in [0.25, 0.3) is 0 Å². The number of ketones is 1. The molecule has 0 aliphatic carbocycles. The van der Waals surface area contributed by atoms with Gasteiger partial charge in [0, 0.05) is 17.0 Å². The summed E-state index contributed by atoms with van der Waals surface area (Å²) in [5.74, 6) is 2.14.